The number of hydrogen-bond donors (Lipinski definition) is 0. The van der Waals surface area contributed by atoms with Crippen LogP contribution in [-0.4, -0.2) is 50.3 Å². The zero-order valence-corrected chi connectivity index (χ0v) is 17.4. The lowest BCUT2D eigenvalue weighted by atomic mass is 9.86. The van der Waals surface area contributed by atoms with Crippen LogP contribution < -0.4 is 4.90 Å². The number of hydrogen-bond acceptors (Lipinski definition) is 3. The fourth-order valence-electron chi connectivity index (χ4n) is 4.57. The molecule has 2 heterocycles. The van der Waals surface area contributed by atoms with E-state index in [-0.39, 0.29) is 5.92 Å². The number of aryl methyl sites for hydroxylation is 1. The van der Waals surface area contributed by atoms with E-state index < -0.39 is 11.7 Å². The highest BCUT2D eigenvalue weighted by atomic mass is 19.4. The van der Waals surface area contributed by atoms with Gasteiger partial charge in [0.2, 0.25) is 0 Å². The van der Waals surface area contributed by atoms with E-state index in [0.29, 0.717) is 6.04 Å². The monoisotopic (exact) mass is 418 g/mol. The van der Waals surface area contributed by atoms with Gasteiger partial charge < -0.3 is 9.64 Å². The third kappa shape index (κ3) is 4.98. The Morgan fingerprint density at radius 3 is 2.23 bits per heavy atom. The molecule has 0 aliphatic carbocycles. The summed E-state index contributed by atoms with van der Waals surface area (Å²) in [6, 6.07) is 14.7. The van der Waals surface area contributed by atoms with Crippen molar-refractivity contribution in [1.82, 2.24) is 4.90 Å². The molecule has 2 aromatic carbocycles. The Kier molecular flexibility index (Phi) is 6.34. The summed E-state index contributed by atoms with van der Waals surface area (Å²) in [6.07, 6.45) is -2.28. The predicted octanol–water partition coefficient (Wildman–Crippen LogP) is 5.10. The molecule has 4 rings (SSSR count). The Bertz CT molecular complexity index is 814. The first-order chi connectivity index (χ1) is 14.4. The van der Waals surface area contributed by atoms with Gasteiger partial charge in [0.15, 0.2) is 0 Å². The van der Waals surface area contributed by atoms with E-state index in [1.165, 1.54) is 23.4 Å². The van der Waals surface area contributed by atoms with Crippen molar-refractivity contribution in [1.29, 1.82) is 0 Å². The SMILES string of the molecule is Cc1ccc(N2CC(c3ccc(C(F)(F)F)cc3)CC[C@H]2CN2CCOCC2)cc1. The van der Waals surface area contributed by atoms with Crippen LogP contribution in [0.3, 0.4) is 0 Å². The molecule has 162 valence electrons. The van der Waals surface area contributed by atoms with Crippen LogP contribution in [0, 0.1) is 6.92 Å². The Hall–Kier alpha value is -2.05. The molecule has 2 aliphatic rings. The van der Waals surface area contributed by atoms with Crippen molar-refractivity contribution in [2.75, 3.05) is 44.3 Å². The summed E-state index contributed by atoms with van der Waals surface area (Å²) in [5.74, 6) is 0.231. The molecule has 2 saturated heterocycles. The second kappa shape index (κ2) is 8.98. The molecule has 0 spiro atoms. The van der Waals surface area contributed by atoms with Crippen LogP contribution in [-0.2, 0) is 10.9 Å². The molecule has 0 saturated carbocycles. The van der Waals surface area contributed by atoms with Crippen LogP contribution in [0.15, 0.2) is 48.5 Å². The van der Waals surface area contributed by atoms with E-state index in [4.69, 9.17) is 4.74 Å². The minimum Gasteiger partial charge on any atom is -0.379 e. The van der Waals surface area contributed by atoms with Gasteiger partial charge in [-0.25, -0.2) is 0 Å². The highest BCUT2D eigenvalue weighted by molar-refractivity contribution is 5.50. The van der Waals surface area contributed by atoms with Crippen LogP contribution in [0.2, 0.25) is 0 Å². The lowest BCUT2D eigenvalue weighted by Gasteiger charge is -2.44. The van der Waals surface area contributed by atoms with Crippen molar-refractivity contribution in [3.05, 3.63) is 65.2 Å². The molecule has 6 heteroatoms. The van der Waals surface area contributed by atoms with Gasteiger partial charge in [-0.3, -0.25) is 4.90 Å². The average Bonchev–Trinajstić information content (AvgIpc) is 2.75. The zero-order valence-electron chi connectivity index (χ0n) is 17.4. The summed E-state index contributed by atoms with van der Waals surface area (Å²) >= 11 is 0. The smallest absolute Gasteiger partial charge is 0.379 e. The largest absolute Gasteiger partial charge is 0.416 e. The first kappa shape index (κ1) is 21.2. The molecule has 2 aliphatic heterocycles. The Balaban J connectivity index is 1.53. The molecule has 2 aromatic rings. The average molecular weight is 419 g/mol. The van der Waals surface area contributed by atoms with Crippen molar-refractivity contribution in [3.63, 3.8) is 0 Å². The summed E-state index contributed by atoms with van der Waals surface area (Å²) in [5.41, 5.74) is 2.82. The van der Waals surface area contributed by atoms with Crippen LogP contribution in [0.1, 0.15) is 35.4 Å². The number of morpholine rings is 1. The number of ether oxygens (including phenoxy) is 1. The minimum atomic E-state index is -4.29. The quantitative estimate of drug-likeness (QED) is 0.687. The summed E-state index contributed by atoms with van der Waals surface area (Å²) in [4.78, 5) is 4.93. The van der Waals surface area contributed by atoms with Crippen LogP contribution in [0.5, 0.6) is 0 Å². The maximum atomic E-state index is 12.9. The third-order valence-corrected chi connectivity index (χ3v) is 6.35. The molecule has 2 atom stereocenters. The number of anilines is 1. The van der Waals surface area contributed by atoms with Gasteiger partial charge in [0, 0.05) is 43.8 Å². The van der Waals surface area contributed by atoms with E-state index in [1.54, 1.807) is 12.1 Å². The standard InChI is InChI=1S/C24H29F3N2O/c1-18-2-9-22(10-3-18)29-16-20(19-4-7-21(8-5-19)24(25,26)27)6-11-23(29)17-28-12-14-30-15-13-28/h2-5,7-10,20,23H,6,11-17H2,1H3/t20?,23-/m0/s1. The van der Waals surface area contributed by atoms with Gasteiger partial charge in [-0.2, -0.15) is 13.2 Å². The first-order valence-corrected chi connectivity index (χ1v) is 10.7. The molecule has 30 heavy (non-hydrogen) atoms. The predicted molar refractivity (Wildman–Crippen MR) is 113 cm³/mol. The Morgan fingerprint density at radius 2 is 1.60 bits per heavy atom. The van der Waals surface area contributed by atoms with Gasteiger partial charge in [-0.05, 0) is 49.6 Å². The van der Waals surface area contributed by atoms with Gasteiger partial charge in [0.05, 0.1) is 18.8 Å². The van der Waals surface area contributed by atoms with Crippen molar-refractivity contribution in [3.8, 4) is 0 Å². The first-order valence-electron chi connectivity index (χ1n) is 10.7. The number of rotatable bonds is 4. The number of benzene rings is 2. The topological polar surface area (TPSA) is 15.7 Å². The third-order valence-electron chi connectivity index (χ3n) is 6.35. The second-order valence-corrected chi connectivity index (χ2v) is 8.45. The summed E-state index contributed by atoms with van der Waals surface area (Å²) < 4.78 is 44.3. The van der Waals surface area contributed by atoms with Crippen molar-refractivity contribution < 1.29 is 17.9 Å². The molecule has 2 fully saturated rings. The maximum Gasteiger partial charge on any atom is 0.416 e. The molecule has 3 nitrogen and oxygen atoms in total. The van der Waals surface area contributed by atoms with E-state index in [9.17, 15) is 13.2 Å². The molecule has 0 N–H and O–H groups in total. The molecule has 0 amide bonds. The van der Waals surface area contributed by atoms with Gasteiger partial charge in [0.1, 0.15) is 0 Å². The van der Waals surface area contributed by atoms with E-state index >= 15 is 0 Å². The molecular weight excluding hydrogens is 389 g/mol. The van der Waals surface area contributed by atoms with Gasteiger partial charge in [0.25, 0.3) is 0 Å². The lowest BCUT2D eigenvalue weighted by molar-refractivity contribution is -0.137. The minimum absolute atomic E-state index is 0.231. The molecular formula is C24H29F3N2O. The number of piperidine rings is 1. The van der Waals surface area contributed by atoms with Crippen molar-refractivity contribution in [2.24, 2.45) is 0 Å². The van der Waals surface area contributed by atoms with Crippen molar-refractivity contribution >= 4 is 5.69 Å². The summed E-state index contributed by atoms with van der Waals surface area (Å²) in [6.45, 7) is 7.38. The number of nitrogens with zero attached hydrogens (tertiary/aromatic N) is 2. The van der Waals surface area contributed by atoms with Crippen molar-refractivity contribution in [2.45, 2.75) is 37.9 Å². The fraction of sp³-hybridized carbons (Fsp3) is 0.500. The van der Waals surface area contributed by atoms with Gasteiger partial charge >= 0.3 is 6.18 Å². The Morgan fingerprint density at radius 1 is 0.933 bits per heavy atom. The lowest BCUT2D eigenvalue weighted by Crippen LogP contribution is -2.51. The molecule has 0 radical (unpaired) electrons. The normalized spacial score (nSPS) is 23.5. The fourth-order valence-corrected chi connectivity index (χ4v) is 4.57. The maximum absolute atomic E-state index is 12.9. The van der Waals surface area contributed by atoms with E-state index in [0.717, 1.165) is 57.8 Å². The Labute approximate surface area is 176 Å². The molecule has 0 bridgehead atoms. The van der Waals surface area contributed by atoms with E-state index in [1.807, 2.05) is 0 Å². The van der Waals surface area contributed by atoms with Crippen LogP contribution >= 0.6 is 0 Å². The van der Waals surface area contributed by atoms with Gasteiger partial charge in [-0.15, -0.1) is 0 Å². The zero-order chi connectivity index (χ0) is 21.1. The number of alkyl halides is 3. The highest BCUT2D eigenvalue weighted by Crippen LogP contribution is 2.36. The van der Waals surface area contributed by atoms with Gasteiger partial charge in [-0.1, -0.05) is 29.8 Å². The van der Waals surface area contributed by atoms with Crippen LogP contribution in [0.25, 0.3) is 0 Å². The van der Waals surface area contributed by atoms with E-state index in [2.05, 4.69) is 41.0 Å². The highest BCUT2D eigenvalue weighted by Gasteiger charge is 2.33. The molecule has 0 aromatic heterocycles. The summed E-state index contributed by atoms with van der Waals surface area (Å²) in [7, 11) is 0. The summed E-state index contributed by atoms with van der Waals surface area (Å²) in [5, 5.41) is 0. The van der Waals surface area contributed by atoms with Crippen LogP contribution in [0.4, 0.5) is 18.9 Å². The second-order valence-electron chi connectivity index (χ2n) is 8.45. The molecule has 1 unspecified atom stereocenters. The number of halogens is 3.